The number of ether oxygens (including phenoxy) is 1. The van der Waals surface area contributed by atoms with E-state index in [9.17, 15) is 4.79 Å². The minimum Gasteiger partial charge on any atom is -0.481 e. The van der Waals surface area contributed by atoms with E-state index in [0.29, 0.717) is 17.6 Å². The molecule has 3 rings (SSSR count). The molecule has 0 N–H and O–H groups in total. The average molecular weight is 329 g/mol. The van der Waals surface area contributed by atoms with E-state index in [1.807, 2.05) is 36.1 Å². The highest BCUT2D eigenvalue weighted by atomic mass is 16.5. The first-order valence-electron chi connectivity index (χ1n) is 8.32. The monoisotopic (exact) mass is 329 g/mol. The van der Waals surface area contributed by atoms with Crippen LogP contribution in [-0.4, -0.2) is 50.2 Å². The van der Waals surface area contributed by atoms with Crippen LogP contribution < -0.4 is 4.74 Å². The lowest BCUT2D eigenvalue weighted by atomic mass is 9.91. The quantitative estimate of drug-likeness (QED) is 0.857. The van der Waals surface area contributed by atoms with Gasteiger partial charge in [-0.25, -0.2) is 4.68 Å². The molecule has 1 fully saturated rings. The number of tetrazole rings is 1. The van der Waals surface area contributed by atoms with E-state index in [4.69, 9.17) is 4.74 Å². The number of carbonyl (C=O) groups is 1. The zero-order valence-electron chi connectivity index (χ0n) is 14.3. The van der Waals surface area contributed by atoms with Gasteiger partial charge in [0.1, 0.15) is 12.1 Å². The molecule has 1 saturated heterocycles. The third-order valence-electron chi connectivity index (χ3n) is 4.29. The number of likely N-dealkylation sites (tertiary alicyclic amines) is 1. The lowest BCUT2D eigenvalue weighted by molar-refractivity contribution is -0.140. The normalized spacial score (nSPS) is 22.2. The number of nitrogens with zero attached hydrogens (tertiary/aromatic N) is 5. The van der Waals surface area contributed by atoms with Crippen LogP contribution in [-0.2, 0) is 4.79 Å². The second-order valence-electron chi connectivity index (χ2n) is 6.70. The molecule has 1 aliphatic heterocycles. The van der Waals surface area contributed by atoms with E-state index >= 15 is 0 Å². The Kier molecular flexibility index (Phi) is 4.78. The molecule has 1 aliphatic rings. The van der Waals surface area contributed by atoms with Gasteiger partial charge in [0, 0.05) is 13.1 Å². The van der Waals surface area contributed by atoms with Crippen molar-refractivity contribution in [1.82, 2.24) is 25.1 Å². The van der Waals surface area contributed by atoms with Crippen LogP contribution in [0.25, 0.3) is 5.69 Å². The Hall–Kier alpha value is -2.44. The van der Waals surface area contributed by atoms with Crippen LogP contribution in [0.5, 0.6) is 5.75 Å². The van der Waals surface area contributed by atoms with Crippen LogP contribution in [0.15, 0.2) is 30.6 Å². The van der Waals surface area contributed by atoms with Gasteiger partial charge in [0.15, 0.2) is 6.10 Å². The highest BCUT2D eigenvalue weighted by Gasteiger charge is 2.29. The van der Waals surface area contributed by atoms with Crippen LogP contribution in [0.2, 0.25) is 0 Å². The van der Waals surface area contributed by atoms with Gasteiger partial charge in [0.05, 0.1) is 5.69 Å². The zero-order valence-corrected chi connectivity index (χ0v) is 14.3. The summed E-state index contributed by atoms with van der Waals surface area (Å²) in [5.41, 5.74) is 0.838. The molecule has 1 aromatic heterocycles. The van der Waals surface area contributed by atoms with Gasteiger partial charge in [-0.2, -0.15) is 0 Å². The smallest absolute Gasteiger partial charge is 0.263 e. The van der Waals surface area contributed by atoms with Crippen LogP contribution in [0.3, 0.4) is 0 Å². The molecule has 1 amide bonds. The molecule has 1 aromatic carbocycles. The summed E-state index contributed by atoms with van der Waals surface area (Å²) in [4.78, 5) is 14.5. The fraction of sp³-hybridized carbons (Fsp3) is 0.529. The number of hydrogen-bond acceptors (Lipinski definition) is 5. The third kappa shape index (κ3) is 3.72. The lowest BCUT2D eigenvalue weighted by Gasteiger charge is -2.36. The third-order valence-corrected chi connectivity index (χ3v) is 4.29. The standard InChI is InChI=1S/C17H23N5O2/c1-12-8-13(2)10-21(9-12)17(23)14(3)24-16-6-4-15(5-7-16)22-11-18-19-20-22/h4-7,11-14H,8-10H2,1-3H3/t12-,13+,14-/m1/s1. The number of aromatic nitrogens is 4. The number of carbonyl (C=O) groups excluding carboxylic acids is 1. The molecule has 0 saturated carbocycles. The average Bonchev–Trinajstić information content (AvgIpc) is 3.08. The first-order valence-corrected chi connectivity index (χ1v) is 8.32. The first-order chi connectivity index (χ1) is 11.5. The maximum atomic E-state index is 12.6. The zero-order chi connectivity index (χ0) is 17.1. The fourth-order valence-electron chi connectivity index (χ4n) is 3.31. The van der Waals surface area contributed by atoms with Gasteiger partial charge in [0.25, 0.3) is 5.91 Å². The predicted molar refractivity (Wildman–Crippen MR) is 88.8 cm³/mol. The van der Waals surface area contributed by atoms with Gasteiger partial charge < -0.3 is 9.64 Å². The topological polar surface area (TPSA) is 73.1 Å². The van der Waals surface area contributed by atoms with E-state index in [2.05, 4.69) is 29.4 Å². The van der Waals surface area contributed by atoms with Crippen molar-refractivity contribution in [2.24, 2.45) is 11.8 Å². The Labute approximate surface area is 141 Å². The van der Waals surface area contributed by atoms with Crippen molar-refractivity contribution in [2.45, 2.75) is 33.3 Å². The van der Waals surface area contributed by atoms with E-state index in [1.165, 1.54) is 12.7 Å². The summed E-state index contributed by atoms with van der Waals surface area (Å²) in [7, 11) is 0. The second-order valence-corrected chi connectivity index (χ2v) is 6.70. The largest absolute Gasteiger partial charge is 0.481 e. The molecule has 2 aromatic rings. The Morgan fingerprint density at radius 2 is 1.88 bits per heavy atom. The van der Waals surface area contributed by atoms with Crippen molar-refractivity contribution < 1.29 is 9.53 Å². The number of rotatable bonds is 4. The van der Waals surface area contributed by atoms with Gasteiger partial charge >= 0.3 is 0 Å². The molecule has 0 aliphatic carbocycles. The van der Waals surface area contributed by atoms with Gasteiger partial charge in [-0.3, -0.25) is 4.79 Å². The van der Waals surface area contributed by atoms with Crippen molar-refractivity contribution >= 4 is 5.91 Å². The van der Waals surface area contributed by atoms with Crippen molar-refractivity contribution in [3.8, 4) is 11.4 Å². The predicted octanol–water partition coefficient (Wildman–Crippen LogP) is 1.93. The van der Waals surface area contributed by atoms with Gasteiger partial charge in [-0.05, 0) is 59.9 Å². The first kappa shape index (κ1) is 16.4. The van der Waals surface area contributed by atoms with E-state index in [1.54, 1.807) is 4.68 Å². The Morgan fingerprint density at radius 3 is 2.46 bits per heavy atom. The van der Waals surface area contributed by atoms with E-state index < -0.39 is 6.10 Å². The lowest BCUT2D eigenvalue weighted by Crippen LogP contribution is -2.47. The summed E-state index contributed by atoms with van der Waals surface area (Å²) in [5.74, 6) is 1.80. The van der Waals surface area contributed by atoms with E-state index in [0.717, 1.165) is 18.8 Å². The molecule has 7 nitrogen and oxygen atoms in total. The summed E-state index contributed by atoms with van der Waals surface area (Å²) in [6, 6.07) is 7.35. The minimum absolute atomic E-state index is 0.0537. The summed E-state index contributed by atoms with van der Waals surface area (Å²) < 4.78 is 7.38. The summed E-state index contributed by atoms with van der Waals surface area (Å²) in [6.07, 6.45) is 2.21. The minimum atomic E-state index is -0.499. The van der Waals surface area contributed by atoms with Gasteiger partial charge in [0.2, 0.25) is 0 Å². The van der Waals surface area contributed by atoms with E-state index in [-0.39, 0.29) is 5.91 Å². The summed E-state index contributed by atoms with van der Waals surface area (Å²) in [6.45, 7) is 7.82. The summed E-state index contributed by atoms with van der Waals surface area (Å²) in [5, 5.41) is 11.0. The molecule has 128 valence electrons. The van der Waals surface area contributed by atoms with Crippen LogP contribution in [0.1, 0.15) is 27.2 Å². The molecule has 24 heavy (non-hydrogen) atoms. The molecule has 7 heteroatoms. The Morgan fingerprint density at radius 1 is 1.21 bits per heavy atom. The molecule has 2 heterocycles. The Bertz CT molecular complexity index is 661. The van der Waals surface area contributed by atoms with Gasteiger partial charge in [-0.1, -0.05) is 13.8 Å². The van der Waals surface area contributed by atoms with Gasteiger partial charge in [-0.15, -0.1) is 5.10 Å². The molecule has 0 radical (unpaired) electrons. The maximum Gasteiger partial charge on any atom is 0.263 e. The molecule has 3 atom stereocenters. The molecular weight excluding hydrogens is 306 g/mol. The maximum absolute atomic E-state index is 12.6. The van der Waals surface area contributed by atoms with Crippen molar-refractivity contribution in [2.75, 3.05) is 13.1 Å². The highest BCUT2D eigenvalue weighted by molar-refractivity contribution is 5.81. The SMILES string of the molecule is C[C@@H]1C[C@H](C)CN(C(=O)[C@@H](C)Oc2ccc(-n3cnnn3)cc2)C1. The number of amides is 1. The Balaban J connectivity index is 1.61. The molecule has 0 unspecified atom stereocenters. The van der Waals surface area contributed by atoms with Crippen LogP contribution in [0.4, 0.5) is 0 Å². The highest BCUT2D eigenvalue weighted by Crippen LogP contribution is 2.22. The van der Waals surface area contributed by atoms with Crippen molar-refractivity contribution in [1.29, 1.82) is 0 Å². The molecular formula is C17H23N5O2. The number of piperidine rings is 1. The van der Waals surface area contributed by atoms with Crippen LogP contribution >= 0.6 is 0 Å². The molecule has 0 bridgehead atoms. The fourth-order valence-corrected chi connectivity index (χ4v) is 3.31. The second kappa shape index (κ2) is 6.98. The molecule has 0 spiro atoms. The van der Waals surface area contributed by atoms with Crippen molar-refractivity contribution in [3.05, 3.63) is 30.6 Å². The van der Waals surface area contributed by atoms with Crippen molar-refractivity contribution in [3.63, 3.8) is 0 Å². The number of hydrogen-bond donors (Lipinski definition) is 0. The number of benzene rings is 1. The van der Waals surface area contributed by atoms with Crippen LogP contribution in [0, 0.1) is 11.8 Å². The summed E-state index contributed by atoms with van der Waals surface area (Å²) >= 11 is 0.